The quantitative estimate of drug-likeness (QED) is 0.452. The zero-order valence-electron chi connectivity index (χ0n) is 18.2. The van der Waals surface area contributed by atoms with Crippen molar-refractivity contribution in [3.05, 3.63) is 106 Å². The van der Waals surface area contributed by atoms with Crippen LogP contribution in [0.2, 0.25) is 0 Å². The summed E-state index contributed by atoms with van der Waals surface area (Å²) in [6.07, 6.45) is 0.888. The molecule has 162 valence electrons. The second kappa shape index (κ2) is 8.75. The Labute approximate surface area is 185 Å². The third-order valence-electron chi connectivity index (χ3n) is 5.75. The van der Waals surface area contributed by atoms with Crippen LogP contribution >= 0.6 is 0 Å². The van der Waals surface area contributed by atoms with Gasteiger partial charge in [0, 0.05) is 12.6 Å². The number of aromatic nitrogens is 2. The first-order chi connectivity index (χ1) is 15.4. The van der Waals surface area contributed by atoms with Crippen molar-refractivity contribution in [2.75, 3.05) is 7.05 Å². The molecule has 0 N–H and O–H groups in total. The number of hydrogen-bond acceptors (Lipinski definition) is 3. The molecule has 0 radical (unpaired) electrons. The maximum atomic E-state index is 13.7. The Morgan fingerprint density at radius 2 is 1.78 bits per heavy atom. The first kappa shape index (κ1) is 21.4. The molecule has 0 spiro atoms. The van der Waals surface area contributed by atoms with Gasteiger partial charge in [-0.15, -0.1) is 0 Å². The summed E-state index contributed by atoms with van der Waals surface area (Å²) in [5, 5.41) is 0.502. The van der Waals surface area contributed by atoms with Crippen LogP contribution in [0.1, 0.15) is 41.6 Å². The molecular formula is C26H24FN3O2. The molecule has 1 unspecified atom stereocenters. The Bertz CT molecular complexity index is 1350. The Morgan fingerprint density at radius 3 is 2.47 bits per heavy atom. The third-order valence-corrected chi connectivity index (χ3v) is 5.75. The fourth-order valence-electron chi connectivity index (χ4n) is 3.73. The lowest BCUT2D eigenvalue weighted by Crippen LogP contribution is -2.35. The van der Waals surface area contributed by atoms with E-state index in [1.807, 2.05) is 37.3 Å². The van der Waals surface area contributed by atoms with Gasteiger partial charge in [-0.25, -0.2) is 9.37 Å². The van der Waals surface area contributed by atoms with Gasteiger partial charge < -0.3 is 4.90 Å². The number of rotatable bonds is 5. The molecular weight excluding hydrogens is 405 g/mol. The van der Waals surface area contributed by atoms with Gasteiger partial charge in [-0.1, -0.05) is 37.3 Å². The molecule has 0 saturated carbocycles. The Balaban J connectivity index is 1.86. The number of benzene rings is 3. The number of carbonyl (C=O) groups is 1. The number of aryl methyl sites for hydroxylation is 1. The van der Waals surface area contributed by atoms with E-state index in [1.165, 1.54) is 23.1 Å². The first-order valence-corrected chi connectivity index (χ1v) is 10.5. The van der Waals surface area contributed by atoms with Crippen molar-refractivity contribution in [1.29, 1.82) is 0 Å². The van der Waals surface area contributed by atoms with E-state index in [-0.39, 0.29) is 17.0 Å². The number of amides is 1. The van der Waals surface area contributed by atoms with Crippen LogP contribution in [0.3, 0.4) is 0 Å². The molecule has 5 nitrogen and oxygen atoms in total. The van der Waals surface area contributed by atoms with Gasteiger partial charge in [-0.2, -0.15) is 0 Å². The van der Waals surface area contributed by atoms with Crippen molar-refractivity contribution < 1.29 is 9.18 Å². The molecule has 1 atom stereocenters. The van der Waals surface area contributed by atoms with Crippen molar-refractivity contribution in [3.8, 4) is 5.69 Å². The maximum Gasteiger partial charge on any atom is 0.266 e. The Kier molecular flexibility index (Phi) is 5.86. The van der Waals surface area contributed by atoms with Crippen molar-refractivity contribution in [1.82, 2.24) is 14.5 Å². The van der Waals surface area contributed by atoms with E-state index in [0.717, 1.165) is 12.0 Å². The van der Waals surface area contributed by atoms with Crippen molar-refractivity contribution in [3.63, 3.8) is 0 Å². The van der Waals surface area contributed by atoms with E-state index < -0.39 is 11.9 Å². The lowest BCUT2D eigenvalue weighted by molar-refractivity contribution is 0.0734. The summed E-state index contributed by atoms with van der Waals surface area (Å²) in [5.74, 6) is -0.397. The van der Waals surface area contributed by atoms with Crippen molar-refractivity contribution in [2.24, 2.45) is 0 Å². The number of hydrogen-bond donors (Lipinski definition) is 0. The van der Waals surface area contributed by atoms with Crippen LogP contribution in [0.15, 0.2) is 77.6 Å². The summed E-state index contributed by atoms with van der Waals surface area (Å²) in [5.41, 5.74) is 2.43. The largest absolute Gasteiger partial charge is 0.332 e. The highest BCUT2D eigenvalue weighted by atomic mass is 19.1. The molecule has 3 aromatic carbocycles. The third kappa shape index (κ3) is 3.91. The van der Waals surface area contributed by atoms with Gasteiger partial charge in [0.25, 0.3) is 11.5 Å². The van der Waals surface area contributed by atoms with E-state index in [4.69, 9.17) is 4.98 Å². The highest BCUT2D eigenvalue weighted by Gasteiger charge is 2.25. The number of fused-ring (bicyclic) bond motifs is 1. The maximum absolute atomic E-state index is 13.7. The molecule has 0 fully saturated rings. The molecule has 0 aliphatic heterocycles. The van der Waals surface area contributed by atoms with Gasteiger partial charge in [-0.05, 0) is 61.4 Å². The fourth-order valence-corrected chi connectivity index (χ4v) is 3.73. The topological polar surface area (TPSA) is 55.2 Å². The van der Waals surface area contributed by atoms with Gasteiger partial charge in [0.15, 0.2) is 0 Å². The monoisotopic (exact) mass is 429 g/mol. The summed E-state index contributed by atoms with van der Waals surface area (Å²) in [7, 11) is 1.63. The van der Waals surface area contributed by atoms with E-state index >= 15 is 0 Å². The highest BCUT2D eigenvalue weighted by molar-refractivity contribution is 5.94. The van der Waals surface area contributed by atoms with Gasteiger partial charge in [0.2, 0.25) is 0 Å². The summed E-state index contributed by atoms with van der Waals surface area (Å²) in [4.78, 5) is 32.8. The molecule has 1 aromatic heterocycles. The number of carbonyl (C=O) groups excluding carboxylic acids is 1. The minimum absolute atomic E-state index is 0.201. The Morgan fingerprint density at radius 1 is 1.06 bits per heavy atom. The molecule has 0 aliphatic rings. The van der Waals surface area contributed by atoms with Gasteiger partial charge >= 0.3 is 0 Å². The van der Waals surface area contributed by atoms with E-state index in [9.17, 15) is 14.0 Å². The summed E-state index contributed by atoms with van der Waals surface area (Å²) in [6.45, 7) is 3.88. The lowest BCUT2D eigenvalue weighted by atomic mass is 10.1. The minimum atomic E-state index is -0.547. The number of para-hydroxylation sites is 1. The van der Waals surface area contributed by atoms with E-state index in [1.54, 1.807) is 35.9 Å². The van der Waals surface area contributed by atoms with Gasteiger partial charge in [-0.3, -0.25) is 14.2 Å². The minimum Gasteiger partial charge on any atom is -0.332 e. The molecule has 4 rings (SSSR count). The molecule has 0 saturated heterocycles. The second-order valence-electron chi connectivity index (χ2n) is 7.75. The average Bonchev–Trinajstić information content (AvgIpc) is 2.82. The summed E-state index contributed by atoms with van der Waals surface area (Å²) < 4.78 is 15.2. The van der Waals surface area contributed by atoms with Crippen LogP contribution in [0.5, 0.6) is 0 Å². The van der Waals surface area contributed by atoms with Crippen LogP contribution in [0.25, 0.3) is 16.6 Å². The van der Waals surface area contributed by atoms with Crippen LogP contribution < -0.4 is 5.56 Å². The van der Waals surface area contributed by atoms with Crippen LogP contribution in [0.4, 0.5) is 4.39 Å². The second-order valence-corrected chi connectivity index (χ2v) is 7.75. The summed E-state index contributed by atoms with van der Waals surface area (Å²) in [6, 6.07) is 19.9. The predicted octanol–water partition coefficient (Wildman–Crippen LogP) is 4.92. The highest BCUT2D eigenvalue weighted by Crippen LogP contribution is 2.23. The zero-order chi connectivity index (χ0) is 22.8. The SMILES string of the molecule is CCc1ccc(-n2c(C(C)N(C)C(=O)c3cccc(F)c3)nc3ccccc3c2=O)cc1. The molecule has 0 aliphatic carbocycles. The Hall–Kier alpha value is -3.80. The van der Waals surface area contributed by atoms with Crippen LogP contribution in [-0.2, 0) is 6.42 Å². The van der Waals surface area contributed by atoms with Crippen molar-refractivity contribution in [2.45, 2.75) is 26.3 Å². The molecule has 6 heteroatoms. The number of nitrogens with zero attached hydrogens (tertiary/aromatic N) is 3. The lowest BCUT2D eigenvalue weighted by Gasteiger charge is -2.27. The summed E-state index contributed by atoms with van der Waals surface area (Å²) >= 11 is 0. The zero-order valence-corrected chi connectivity index (χ0v) is 18.2. The van der Waals surface area contributed by atoms with Gasteiger partial charge in [0.1, 0.15) is 11.6 Å². The normalized spacial score (nSPS) is 12.0. The van der Waals surface area contributed by atoms with Gasteiger partial charge in [0.05, 0.1) is 22.6 Å². The molecule has 1 heterocycles. The van der Waals surface area contributed by atoms with Crippen molar-refractivity contribution >= 4 is 16.8 Å². The molecule has 1 amide bonds. The smallest absolute Gasteiger partial charge is 0.266 e. The first-order valence-electron chi connectivity index (χ1n) is 10.5. The molecule has 4 aromatic rings. The molecule has 32 heavy (non-hydrogen) atoms. The van der Waals surface area contributed by atoms with E-state index in [2.05, 4.69) is 6.92 Å². The predicted molar refractivity (Wildman–Crippen MR) is 124 cm³/mol. The van der Waals surface area contributed by atoms with Crippen LogP contribution in [0, 0.1) is 5.82 Å². The fraction of sp³-hybridized carbons (Fsp3) is 0.192. The molecule has 0 bridgehead atoms. The van der Waals surface area contributed by atoms with E-state index in [0.29, 0.717) is 22.4 Å². The van der Waals surface area contributed by atoms with Crippen LogP contribution in [-0.4, -0.2) is 27.4 Å². The number of halogens is 1. The average molecular weight is 429 g/mol. The standard InChI is InChI=1S/C26H24FN3O2/c1-4-18-12-14-21(15-13-18)30-24(28-23-11-6-5-10-22(23)26(30)32)17(2)29(3)25(31)19-8-7-9-20(27)16-19/h5-17H,4H2,1-3H3.